The van der Waals surface area contributed by atoms with Crippen LogP contribution in [0, 0.1) is 12.8 Å². The van der Waals surface area contributed by atoms with Crippen molar-refractivity contribution in [3.63, 3.8) is 0 Å². The lowest BCUT2D eigenvalue weighted by Crippen LogP contribution is -2.41. The average molecular weight is 559 g/mol. The highest BCUT2D eigenvalue weighted by Gasteiger charge is 2.26. The van der Waals surface area contributed by atoms with Gasteiger partial charge in [0.2, 0.25) is 5.91 Å². The van der Waals surface area contributed by atoms with Gasteiger partial charge in [-0.05, 0) is 44.2 Å². The van der Waals surface area contributed by atoms with Crippen LogP contribution in [0.2, 0.25) is 0 Å². The number of amides is 1. The van der Waals surface area contributed by atoms with E-state index in [1.165, 1.54) is 5.56 Å². The third-order valence-electron chi connectivity index (χ3n) is 6.18. The number of aryl methyl sites for hydroxylation is 1. The predicted molar refractivity (Wildman–Crippen MR) is 139 cm³/mol. The van der Waals surface area contributed by atoms with E-state index in [1.54, 1.807) is 7.05 Å². The highest BCUT2D eigenvalue weighted by Crippen LogP contribution is 2.23. The zero-order valence-electron chi connectivity index (χ0n) is 19.7. The number of carbonyl (C=O) groups is 1. The van der Waals surface area contributed by atoms with Crippen LogP contribution >= 0.6 is 24.0 Å². The van der Waals surface area contributed by atoms with Gasteiger partial charge in [-0.2, -0.15) is 0 Å². The summed E-state index contributed by atoms with van der Waals surface area (Å²) >= 11 is 0. The Balaban J connectivity index is 0.00000363. The zero-order valence-corrected chi connectivity index (χ0v) is 22.0. The van der Waals surface area contributed by atoms with Crippen LogP contribution in [0.4, 0.5) is 0 Å². The monoisotopic (exact) mass is 558 g/mol. The molecule has 8 heteroatoms. The molecular formula is C24H39IN4O3. The minimum Gasteiger partial charge on any atom is -0.493 e. The summed E-state index contributed by atoms with van der Waals surface area (Å²) in [5, 5.41) is 6.79. The van der Waals surface area contributed by atoms with Crippen molar-refractivity contribution < 1.29 is 14.3 Å². The lowest BCUT2D eigenvalue weighted by Gasteiger charge is -2.27. The van der Waals surface area contributed by atoms with E-state index in [9.17, 15) is 4.79 Å². The fraction of sp³-hybridized carbons (Fsp3) is 0.667. The summed E-state index contributed by atoms with van der Waals surface area (Å²) in [4.78, 5) is 18.4. The molecule has 2 N–H and O–H groups in total. The van der Waals surface area contributed by atoms with E-state index >= 15 is 0 Å². The van der Waals surface area contributed by atoms with Crippen LogP contribution in [-0.2, 0) is 16.1 Å². The molecule has 2 aliphatic rings. The molecule has 2 unspecified atom stereocenters. The van der Waals surface area contributed by atoms with E-state index < -0.39 is 0 Å². The number of hydrogen-bond donors (Lipinski definition) is 2. The van der Waals surface area contributed by atoms with Crippen LogP contribution in [0.25, 0.3) is 0 Å². The van der Waals surface area contributed by atoms with Crippen LogP contribution < -0.4 is 15.4 Å². The van der Waals surface area contributed by atoms with Crippen molar-refractivity contribution in [3.05, 3.63) is 29.3 Å². The fourth-order valence-electron chi connectivity index (χ4n) is 4.26. The molecule has 2 aliphatic heterocycles. The highest BCUT2D eigenvalue weighted by molar-refractivity contribution is 14.0. The van der Waals surface area contributed by atoms with E-state index in [0.29, 0.717) is 37.4 Å². The van der Waals surface area contributed by atoms with Crippen LogP contribution in [0.15, 0.2) is 23.2 Å². The third-order valence-corrected chi connectivity index (χ3v) is 6.18. The first-order chi connectivity index (χ1) is 15.1. The molecule has 0 bridgehead atoms. The Morgan fingerprint density at radius 1 is 1.38 bits per heavy atom. The first-order valence-electron chi connectivity index (χ1n) is 11.6. The summed E-state index contributed by atoms with van der Waals surface area (Å²) in [6.45, 7) is 8.86. The molecule has 180 valence electrons. The quantitative estimate of drug-likeness (QED) is 0.262. The first-order valence-corrected chi connectivity index (χ1v) is 11.6. The smallest absolute Gasteiger partial charge is 0.222 e. The summed E-state index contributed by atoms with van der Waals surface area (Å²) < 4.78 is 11.6. The van der Waals surface area contributed by atoms with E-state index in [0.717, 1.165) is 69.3 Å². The van der Waals surface area contributed by atoms with Gasteiger partial charge in [0, 0.05) is 57.2 Å². The fourth-order valence-corrected chi connectivity index (χ4v) is 4.26. The molecule has 2 saturated heterocycles. The second kappa shape index (κ2) is 13.9. The van der Waals surface area contributed by atoms with Gasteiger partial charge in [0.1, 0.15) is 5.75 Å². The second-order valence-corrected chi connectivity index (χ2v) is 8.55. The van der Waals surface area contributed by atoms with Gasteiger partial charge in [-0.15, -0.1) is 24.0 Å². The van der Waals surface area contributed by atoms with Crippen molar-refractivity contribution in [2.75, 3.05) is 40.0 Å². The van der Waals surface area contributed by atoms with E-state index in [1.807, 2.05) is 4.90 Å². The van der Waals surface area contributed by atoms with E-state index in [-0.39, 0.29) is 24.0 Å². The Bertz CT molecular complexity index is 753. The minimum absolute atomic E-state index is 0. The maximum atomic E-state index is 12.0. The lowest BCUT2D eigenvalue weighted by atomic mass is 10.1. The Hall–Kier alpha value is -1.55. The Morgan fingerprint density at radius 3 is 2.88 bits per heavy atom. The van der Waals surface area contributed by atoms with Crippen LogP contribution in [0.3, 0.4) is 0 Å². The summed E-state index contributed by atoms with van der Waals surface area (Å²) in [7, 11) is 1.78. The molecule has 1 aromatic carbocycles. The van der Waals surface area contributed by atoms with Crippen molar-refractivity contribution in [2.24, 2.45) is 10.9 Å². The molecule has 3 rings (SSSR count). The van der Waals surface area contributed by atoms with Crippen molar-refractivity contribution in [1.29, 1.82) is 0 Å². The molecule has 0 saturated carbocycles. The molecule has 0 radical (unpaired) electrons. The Kier molecular flexibility index (Phi) is 11.6. The van der Waals surface area contributed by atoms with Gasteiger partial charge in [-0.1, -0.05) is 19.1 Å². The molecule has 1 amide bonds. The zero-order chi connectivity index (χ0) is 22.1. The molecule has 1 aromatic rings. The number of likely N-dealkylation sites (tertiary alicyclic amines) is 1. The summed E-state index contributed by atoms with van der Waals surface area (Å²) in [6, 6.07) is 6.62. The summed E-state index contributed by atoms with van der Waals surface area (Å²) in [5.74, 6) is 2.46. The maximum Gasteiger partial charge on any atom is 0.222 e. The molecule has 2 fully saturated rings. The number of guanidine groups is 1. The molecule has 0 spiro atoms. The van der Waals surface area contributed by atoms with Crippen molar-refractivity contribution >= 4 is 35.8 Å². The topological polar surface area (TPSA) is 75.2 Å². The van der Waals surface area contributed by atoms with Gasteiger partial charge in [0.15, 0.2) is 5.96 Å². The average Bonchev–Trinajstić information content (AvgIpc) is 3.44. The number of benzene rings is 1. The van der Waals surface area contributed by atoms with Gasteiger partial charge < -0.3 is 25.0 Å². The Morgan fingerprint density at radius 2 is 2.22 bits per heavy atom. The van der Waals surface area contributed by atoms with Gasteiger partial charge in [-0.3, -0.25) is 9.79 Å². The van der Waals surface area contributed by atoms with Gasteiger partial charge in [-0.25, -0.2) is 0 Å². The molecule has 32 heavy (non-hydrogen) atoms. The lowest BCUT2D eigenvalue weighted by molar-refractivity contribution is -0.129. The molecule has 7 nitrogen and oxygen atoms in total. The summed E-state index contributed by atoms with van der Waals surface area (Å²) in [6.07, 6.45) is 4.65. The number of ether oxygens (including phenoxy) is 2. The van der Waals surface area contributed by atoms with Gasteiger partial charge in [0.25, 0.3) is 0 Å². The number of carbonyl (C=O) groups excluding carboxylic acids is 1. The van der Waals surface area contributed by atoms with Crippen LogP contribution in [0.5, 0.6) is 5.75 Å². The number of halogens is 1. The molecule has 0 aliphatic carbocycles. The van der Waals surface area contributed by atoms with Gasteiger partial charge >= 0.3 is 0 Å². The van der Waals surface area contributed by atoms with Crippen molar-refractivity contribution in [1.82, 2.24) is 15.5 Å². The van der Waals surface area contributed by atoms with Crippen LogP contribution in [-0.4, -0.2) is 62.8 Å². The maximum absolute atomic E-state index is 12.0. The molecule has 2 heterocycles. The second-order valence-electron chi connectivity index (χ2n) is 8.55. The van der Waals surface area contributed by atoms with Crippen LogP contribution in [0.1, 0.15) is 50.2 Å². The first kappa shape index (κ1) is 26.7. The molecule has 0 aromatic heterocycles. The van der Waals surface area contributed by atoms with Crippen molar-refractivity contribution in [2.45, 2.75) is 58.5 Å². The third kappa shape index (κ3) is 7.79. The number of rotatable bonds is 10. The van der Waals surface area contributed by atoms with E-state index in [2.05, 4.69) is 47.7 Å². The minimum atomic E-state index is 0. The normalized spacial score (nSPS) is 19.6. The van der Waals surface area contributed by atoms with E-state index in [4.69, 9.17) is 9.47 Å². The molecular weight excluding hydrogens is 519 g/mol. The number of hydrogen-bond acceptors (Lipinski definition) is 4. The molecule has 2 atom stereocenters. The number of aliphatic imine (C=N–C) groups is 1. The number of nitrogens with one attached hydrogen (secondary N) is 2. The Labute approximate surface area is 209 Å². The van der Waals surface area contributed by atoms with Gasteiger partial charge in [0.05, 0.1) is 13.2 Å². The van der Waals surface area contributed by atoms with Crippen molar-refractivity contribution in [3.8, 4) is 5.75 Å². The standard InChI is InChI=1S/C24H38N4O3.HI/c1-4-21(28-12-5-6-23(28)29)9-11-26-24(25-3)27-15-20-8-7-18(2)14-22(20)31-17-19-10-13-30-16-19;/h7-8,14,19,21H,4-6,9-13,15-17H2,1-3H3,(H2,25,26,27);1H. The SMILES string of the molecule is CCC(CCNC(=NC)NCc1ccc(C)cc1OCC1CCOC1)N1CCCC1=O.I. The summed E-state index contributed by atoms with van der Waals surface area (Å²) in [5.41, 5.74) is 2.30. The predicted octanol–water partition coefficient (Wildman–Crippen LogP) is 3.48. The highest BCUT2D eigenvalue weighted by atomic mass is 127. The number of nitrogens with zero attached hydrogens (tertiary/aromatic N) is 2. The largest absolute Gasteiger partial charge is 0.493 e.